The number of anilines is 2. The Morgan fingerprint density at radius 1 is 1.12 bits per heavy atom. The molecule has 0 aliphatic heterocycles. The summed E-state index contributed by atoms with van der Waals surface area (Å²) in [5.41, 5.74) is 1.96. The number of hydrogen-bond acceptors (Lipinski definition) is 3. The van der Waals surface area contributed by atoms with Crippen LogP contribution in [-0.2, 0) is 4.79 Å². The van der Waals surface area contributed by atoms with Crippen molar-refractivity contribution in [3.8, 4) is 0 Å². The number of amides is 2. The van der Waals surface area contributed by atoms with Crippen LogP contribution in [0, 0.1) is 0 Å². The molecule has 7 heteroatoms. The molecule has 1 saturated carbocycles. The Hall–Kier alpha value is -2.11. The van der Waals surface area contributed by atoms with Crippen LogP contribution in [0.25, 0.3) is 0 Å². The molecule has 0 bridgehead atoms. The first-order valence-corrected chi connectivity index (χ1v) is 8.23. The molecule has 1 aromatic heterocycles. The number of aromatic nitrogens is 1. The van der Waals surface area contributed by atoms with E-state index in [0.717, 1.165) is 18.4 Å². The Kier molecular flexibility index (Phi) is 4.73. The van der Waals surface area contributed by atoms with E-state index in [9.17, 15) is 9.59 Å². The van der Waals surface area contributed by atoms with Gasteiger partial charge in [-0.15, -0.1) is 0 Å². The van der Waals surface area contributed by atoms with Gasteiger partial charge in [-0.25, -0.2) is 4.98 Å². The van der Waals surface area contributed by atoms with Gasteiger partial charge in [-0.3, -0.25) is 9.59 Å². The molecule has 124 valence electrons. The van der Waals surface area contributed by atoms with Gasteiger partial charge in [-0.2, -0.15) is 0 Å². The van der Waals surface area contributed by atoms with Crippen LogP contribution in [0.5, 0.6) is 0 Å². The third-order valence-electron chi connectivity index (χ3n) is 3.63. The lowest BCUT2D eigenvalue weighted by Gasteiger charge is -2.10. The molecule has 3 rings (SSSR count). The zero-order chi connectivity index (χ0) is 17.3. The minimum absolute atomic E-state index is 0.200. The third-order valence-corrected chi connectivity index (χ3v) is 4.15. The van der Waals surface area contributed by atoms with E-state index in [1.165, 1.54) is 19.2 Å². The van der Waals surface area contributed by atoms with Crippen molar-refractivity contribution in [1.29, 1.82) is 0 Å². The lowest BCUT2D eigenvalue weighted by molar-refractivity contribution is -0.114. The predicted octanol–water partition coefficient (Wildman–Crippen LogP) is 4.48. The first-order chi connectivity index (χ1) is 11.4. The van der Waals surface area contributed by atoms with Crippen LogP contribution in [0.3, 0.4) is 0 Å². The largest absolute Gasteiger partial charge is 0.322 e. The zero-order valence-corrected chi connectivity index (χ0v) is 14.4. The highest BCUT2D eigenvalue weighted by Gasteiger charge is 2.24. The molecule has 1 fully saturated rings. The number of nitrogens with zero attached hydrogens (tertiary/aromatic N) is 1. The molecule has 0 atom stereocenters. The molecule has 1 heterocycles. The Morgan fingerprint density at radius 3 is 2.54 bits per heavy atom. The fourth-order valence-corrected chi connectivity index (χ4v) is 2.83. The molecule has 1 aromatic carbocycles. The summed E-state index contributed by atoms with van der Waals surface area (Å²) >= 11 is 12.2. The lowest BCUT2D eigenvalue weighted by Crippen LogP contribution is -2.14. The van der Waals surface area contributed by atoms with Gasteiger partial charge in [0.1, 0.15) is 5.82 Å². The maximum absolute atomic E-state index is 12.5. The van der Waals surface area contributed by atoms with Crippen molar-refractivity contribution in [2.45, 2.75) is 25.7 Å². The molecule has 1 aliphatic carbocycles. The molecule has 0 spiro atoms. The van der Waals surface area contributed by atoms with E-state index >= 15 is 0 Å². The minimum Gasteiger partial charge on any atom is -0.322 e. The second-order valence-corrected chi connectivity index (χ2v) is 6.58. The number of rotatable bonds is 4. The highest BCUT2D eigenvalue weighted by atomic mass is 35.5. The maximum Gasteiger partial charge on any atom is 0.257 e. The van der Waals surface area contributed by atoms with E-state index in [4.69, 9.17) is 23.2 Å². The van der Waals surface area contributed by atoms with Crippen LogP contribution in [-0.4, -0.2) is 16.8 Å². The second kappa shape index (κ2) is 6.79. The number of pyridine rings is 1. The standard InChI is InChI=1S/C17H15Cl2N3O2/c1-9(23)21-16-7-14(15(19)8-20-16)17(24)22-13-5-11(10-2-3-10)4-12(18)6-13/h4-8,10H,2-3H2,1H3,(H,22,24)(H,20,21,23). The Labute approximate surface area is 149 Å². The summed E-state index contributed by atoms with van der Waals surface area (Å²) < 4.78 is 0. The van der Waals surface area contributed by atoms with Gasteiger partial charge in [-0.05, 0) is 48.6 Å². The van der Waals surface area contributed by atoms with E-state index in [-0.39, 0.29) is 22.3 Å². The molecule has 0 unspecified atom stereocenters. The van der Waals surface area contributed by atoms with Crippen LogP contribution in [0.1, 0.15) is 41.6 Å². The molecular formula is C17H15Cl2N3O2. The Morgan fingerprint density at radius 2 is 1.88 bits per heavy atom. The van der Waals surface area contributed by atoms with E-state index in [2.05, 4.69) is 15.6 Å². The smallest absolute Gasteiger partial charge is 0.257 e. The van der Waals surface area contributed by atoms with Crippen molar-refractivity contribution in [2.75, 3.05) is 10.6 Å². The average Bonchev–Trinajstić information content (AvgIpc) is 3.32. The van der Waals surface area contributed by atoms with Gasteiger partial charge < -0.3 is 10.6 Å². The predicted molar refractivity (Wildman–Crippen MR) is 94.9 cm³/mol. The van der Waals surface area contributed by atoms with E-state index < -0.39 is 5.91 Å². The van der Waals surface area contributed by atoms with Crippen molar-refractivity contribution >= 4 is 46.5 Å². The summed E-state index contributed by atoms with van der Waals surface area (Å²) in [6, 6.07) is 6.97. The third kappa shape index (κ3) is 4.04. The van der Waals surface area contributed by atoms with Crippen molar-refractivity contribution < 1.29 is 9.59 Å². The number of carbonyl (C=O) groups excluding carboxylic acids is 2. The van der Waals surface area contributed by atoms with E-state index in [1.54, 1.807) is 6.07 Å². The summed E-state index contributed by atoms with van der Waals surface area (Å²) in [4.78, 5) is 27.6. The first kappa shape index (κ1) is 16.7. The molecule has 0 radical (unpaired) electrons. The topological polar surface area (TPSA) is 71.1 Å². The minimum atomic E-state index is -0.391. The van der Waals surface area contributed by atoms with Crippen molar-refractivity contribution in [2.24, 2.45) is 0 Å². The highest BCUT2D eigenvalue weighted by Crippen LogP contribution is 2.41. The summed E-state index contributed by atoms with van der Waals surface area (Å²) in [6.07, 6.45) is 3.61. The Balaban J connectivity index is 1.83. The van der Waals surface area contributed by atoms with Gasteiger partial charge in [0.15, 0.2) is 0 Å². The van der Waals surface area contributed by atoms with Gasteiger partial charge in [0.2, 0.25) is 5.91 Å². The van der Waals surface area contributed by atoms with Gasteiger partial charge in [0, 0.05) is 23.8 Å². The van der Waals surface area contributed by atoms with Crippen LogP contribution >= 0.6 is 23.2 Å². The fourth-order valence-electron chi connectivity index (χ4n) is 2.40. The lowest BCUT2D eigenvalue weighted by atomic mass is 10.1. The quantitative estimate of drug-likeness (QED) is 0.841. The summed E-state index contributed by atoms with van der Waals surface area (Å²) in [7, 11) is 0. The van der Waals surface area contributed by atoms with Gasteiger partial charge in [0.25, 0.3) is 5.91 Å². The van der Waals surface area contributed by atoms with Crippen molar-refractivity contribution in [3.63, 3.8) is 0 Å². The molecule has 0 saturated heterocycles. The number of benzene rings is 1. The number of halogens is 2. The van der Waals surface area contributed by atoms with E-state index in [1.807, 2.05) is 12.1 Å². The van der Waals surface area contributed by atoms with Gasteiger partial charge in [0.05, 0.1) is 10.6 Å². The first-order valence-electron chi connectivity index (χ1n) is 7.47. The van der Waals surface area contributed by atoms with Gasteiger partial charge >= 0.3 is 0 Å². The molecule has 5 nitrogen and oxygen atoms in total. The second-order valence-electron chi connectivity index (χ2n) is 5.73. The molecule has 2 N–H and O–H groups in total. The molecule has 2 amide bonds. The van der Waals surface area contributed by atoms with Crippen molar-refractivity contribution in [1.82, 2.24) is 4.98 Å². The number of hydrogen-bond donors (Lipinski definition) is 2. The van der Waals surface area contributed by atoms with Crippen LogP contribution in [0.4, 0.5) is 11.5 Å². The molecular weight excluding hydrogens is 349 g/mol. The monoisotopic (exact) mass is 363 g/mol. The normalized spacial score (nSPS) is 13.5. The SMILES string of the molecule is CC(=O)Nc1cc(C(=O)Nc2cc(Cl)cc(C3CC3)c2)c(Cl)cn1. The number of carbonyl (C=O) groups is 2. The summed E-state index contributed by atoms with van der Waals surface area (Å²) in [5, 5.41) is 6.10. The highest BCUT2D eigenvalue weighted by molar-refractivity contribution is 6.34. The van der Waals surface area contributed by atoms with Crippen LogP contribution in [0.2, 0.25) is 10.0 Å². The average molecular weight is 364 g/mol. The maximum atomic E-state index is 12.5. The van der Waals surface area contributed by atoms with Crippen molar-refractivity contribution in [3.05, 3.63) is 51.6 Å². The van der Waals surface area contributed by atoms with Crippen LogP contribution in [0.15, 0.2) is 30.5 Å². The van der Waals surface area contributed by atoms with Crippen LogP contribution < -0.4 is 10.6 Å². The summed E-state index contributed by atoms with van der Waals surface area (Å²) in [6.45, 7) is 1.36. The van der Waals surface area contributed by atoms with Gasteiger partial charge in [-0.1, -0.05) is 23.2 Å². The summed E-state index contributed by atoms with van der Waals surface area (Å²) in [5.74, 6) is 0.121. The number of nitrogens with one attached hydrogen (secondary N) is 2. The van der Waals surface area contributed by atoms with E-state index in [0.29, 0.717) is 16.6 Å². The molecule has 1 aliphatic rings. The fraction of sp³-hybridized carbons (Fsp3) is 0.235. The molecule has 2 aromatic rings. The molecule has 24 heavy (non-hydrogen) atoms. The Bertz CT molecular complexity index is 819. The zero-order valence-electron chi connectivity index (χ0n) is 12.9.